The summed E-state index contributed by atoms with van der Waals surface area (Å²) in [7, 11) is -2.27. The SMILES string of the molecule is COc1ccc2c(C[C@@H]3C[C@H]4C(=O)N[C@]5(C(=O)NS(=O)(=O)C6CC6)C[C@H]5/C=C\CCCCCNC(=O)N4C3)cc(-c3nc(C(C)C)cs3)nc2c1Cl. The summed E-state index contributed by atoms with van der Waals surface area (Å²) in [6, 6.07) is 4.55. The Bertz CT molecular complexity index is 2030. The average Bonchev–Trinajstić information content (AvgIpc) is 3.98. The highest BCUT2D eigenvalue weighted by molar-refractivity contribution is 7.91. The van der Waals surface area contributed by atoms with E-state index in [0.29, 0.717) is 60.8 Å². The summed E-state index contributed by atoms with van der Waals surface area (Å²) in [5.74, 6) is -0.909. The molecule has 0 bridgehead atoms. The Hall–Kier alpha value is -3.75. The highest BCUT2D eigenvalue weighted by Gasteiger charge is 2.62. The third-order valence-corrected chi connectivity index (χ3v) is 13.7. The number of halogens is 1. The number of hydrogen-bond donors (Lipinski definition) is 3. The second-order valence-electron chi connectivity index (χ2n) is 14.8. The summed E-state index contributed by atoms with van der Waals surface area (Å²) >= 11 is 8.35. The van der Waals surface area contributed by atoms with E-state index in [4.69, 9.17) is 26.3 Å². The highest BCUT2D eigenvalue weighted by atomic mass is 35.5. The maximum atomic E-state index is 14.2. The number of nitrogens with one attached hydrogen (secondary N) is 3. The van der Waals surface area contributed by atoms with Crippen LogP contribution in [0.3, 0.4) is 0 Å². The maximum Gasteiger partial charge on any atom is 0.318 e. The van der Waals surface area contributed by atoms with Crippen molar-refractivity contribution in [1.29, 1.82) is 0 Å². The lowest BCUT2D eigenvalue weighted by atomic mass is 9.93. The fourth-order valence-corrected chi connectivity index (χ4v) is 9.95. The standard InChI is InChI=1S/C37H45ClN6O6S2/c1-21(2)28-20-51-34(41-28)27-17-23(26-12-13-30(50-3)31(38)32(26)40-27)15-22-16-29-33(45)42-37(35(46)43-52(48,49)25-10-11-25)18-24(37)9-7-5-4-6-8-14-39-36(47)44(29)19-22/h7,9,12-13,17,20-22,24-25,29H,4-6,8,10-11,14-16,18-19H2,1-3H3,(H,39,47)(H,42,45)(H,43,46)/b9-7-/t22-,24-,29+,37-/m1/s1. The first-order chi connectivity index (χ1) is 24.9. The predicted molar refractivity (Wildman–Crippen MR) is 201 cm³/mol. The summed E-state index contributed by atoms with van der Waals surface area (Å²) < 4.78 is 33.3. The van der Waals surface area contributed by atoms with Crippen molar-refractivity contribution >= 4 is 61.7 Å². The molecule has 4 atom stereocenters. The molecule has 2 aliphatic carbocycles. The van der Waals surface area contributed by atoms with E-state index >= 15 is 0 Å². The number of methoxy groups -OCH3 is 1. The maximum absolute atomic E-state index is 14.2. The molecule has 4 heterocycles. The summed E-state index contributed by atoms with van der Waals surface area (Å²) in [4.78, 5) is 52.9. The minimum atomic E-state index is -3.83. The molecule has 52 heavy (non-hydrogen) atoms. The smallest absolute Gasteiger partial charge is 0.318 e. The van der Waals surface area contributed by atoms with Crippen LogP contribution >= 0.6 is 22.9 Å². The summed E-state index contributed by atoms with van der Waals surface area (Å²) in [5.41, 5.74) is 1.79. The van der Waals surface area contributed by atoms with E-state index in [2.05, 4.69) is 29.2 Å². The van der Waals surface area contributed by atoms with Crippen molar-refractivity contribution in [3.8, 4) is 16.5 Å². The van der Waals surface area contributed by atoms with Crippen LogP contribution in [0.2, 0.25) is 5.02 Å². The molecule has 4 aliphatic rings. The number of carbonyl (C=O) groups is 3. The van der Waals surface area contributed by atoms with Crippen LogP contribution in [0.5, 0.6) is 5.75 Å². The van der Waals surface area contributed by atoms with Crippen molar-refractivity contribution in [2.45, 2.75) is 94.4 Å². The molecule has 7 rings (SSSR count). The van der Waals surface area contributed by atoms with Crippen molar-refractivity contribution in [2.24, 2.45) is 11.8 Å². The van der Waals surface area contributed by atoms with Gasteiger partial charge < -0.3 is 20.3 Å². The second-order valence-corrected chi connectivity index (χ2v) is 18.0. The Kier molecular flexibility index (Phi) is 10.3. The summed E-state index contributed by atoms with van der Waals surface area (Å²) in [5, 5.41) is 9.41. The number of sulfonamides is 1. The van der Waals surface area contributed by atoms with Gasteiger partial charge in [0.15, 0.2) is 0 Å². The number of rotatable bonds is 8. The number of nitrogens with zero attached hydrogens (tertiary/aromatic N) is 3. The minimum Gasteiger partial charge on any atom is -0.495 e. The van der Waals surface area contributed by atoms with Gasteiger partial charge in [-0.2, -0.15) is 0 Å². The van der Waals surface area contributed by atoms with Gasteiger partial charge >= 0.3 is 6.03 Å². The van der Waals surface area contributed by atoms with Gasteiger partial charge in [0.2, 0.25) is 15.9 Å². The number of aromatic nitrogens is 2. The normalized spacial score (nSPS) is 26.1. The van der Waals surface area contributed by atoms with Crippen LogP contribution in [0.4, 0.5) is 4.79 Å². The highest BCUT2D eigenvalue weighted by Crippen LogP contribution is 2.46. The van der Waals surface area contributed by atoms with Gasteiger partial charge in [0.25, 0.3) is 5.91 Å². The Morgan fingerprint density at radius 1 is 1.19 bits per heavy atom. The van der Waals surface area contributed by atoms with Crippen molar-refractivity contribution in [1.82, 2.24) is 30.2 Å². The number of urea groups is 1. The van der Waals surface area contributed by atoms with Gasteiger partial charge in [-0.3, -0.25) is 14.3 Å². The number of carbonyl (C=O) groups excluding carboxylic acids is 3. The van der Waals surface area contributed by atoms with E-state index < -0.39 is 38.7 Å². The van der Waals surface area contributed by atoms with E-state index in [1.165, 1.54) is 11.3 Å². The molecule has 2 saturated carbocycles. The zero-order valence-corrected chi connectivity index (χ0v) is 32.0. The molecule has 2 aliphatic heterocycles. The van der Waals surface area contributed by atoms with Gasteiger partial charge in [-0.1, -0.05) is 44.0 Å². The van der Waals surface area contributed by atoms with E-state index in [9.17, 15) is 22.8 Å². The lowest BCUT2D eigenvalue weighted by molar-refractivity contribution is -0.131. The number of amides is 4. The molecule has 2 aromatic heterocycles. The first kappa shape index (κ1) is 36.6. The number of hydrogen-bond acceptors (Lipinski definition) is 9. The topological polar surface area (TPSA) is 160 Å². The second kappa shape index (κ2) is 14.6. The lowest BCUT2D eigenvalue weighted by Crippen LogP contribution is -2.57. The molecule has 0 unspecified atom stereocenters. The van der Waals surface area contributed by atoms with Gasteiger partial charge in [0.05, 0.1) is 29.3 Å². The van der Waals surface area contributed by atoms with Gasteiger partial charge in [-0.25, -0.2) is 23.2 Å². The zero-order chi connectivity index (χ0) is 36.8. The molecule has 278 valence electrons. The van der Waals surface area contributed by atoms with Crippen molar-refractivity contribution in [3.63, 3.8) is 0 Å². The number of fused-ring (bicyclic) bond motifs is 3. The molecule has 15 heteroatoms. The van der Waals surface area contributed by atoms with Crippen LogP contribution < -0.4 is 20.1 Å². The zero-order valence-electron chi connectivity index (χ0n) is 29.6. The van der Waals surface area contributed by atoms with Crippen LogP contribution in [-0.4, -0.2) is 78.2 Å². The summed E-state index contributed by atoms with van der Waals surface area (Å²) in [6.07, 6.45) is 9.49. The first-order valence-corrected chi connectivity index (χ1v) is 20.9. The van der Waals surface area contributed by atoms with E-state index in [-0.39, 0.29) is 30.2 Å². The number of ether oxygens (including phenoxy) is 1. The molecule has 1 aromatic carbocycles. The molecule has 1 saturated heterocycles. The van der Waals surface area contributed by atoms with Crippen LogP contribution in [0.15, 0.2) is 35.7 Å². The quantitative estimate of drug-likeness (QED) is 0.246. The molecular weight excluding hydrogens is 724 g/mol. The van der Waals surface area contributed by atoms with E-state index in [1.54, 1.807) is 12.0 Å². The van der Waals surface area contributed by atoms with Gasteiger partial charge in [-0.15, -0.1) is 11.3 Å². The van der Waals surface area contributed by atoms with E-state index in [0.717, 1.165) is 47.3 Å². The first-order valence-electron chi connectivity index (χ1n) is 18.1. The van der Waals surface area contributed by atoms with Gasteiger partial charge in [0, 0.05) is 29.8 Å². The Morgan fingerprint density at radius 3 is 2.73 bits per heavy atom. The summed E-state index contributed by atoms with van der Waals surface area (Å²) in [6.45, 7) is 4.97. The number of allylic oxidation sites excluding steroid dienone is 1. The van der Waals surface area contributed by atoms with Crippen LogP contribution in [-0.2, 0) is 26.0 Å². The van der Waals surface area contributed by atoms with Crippen LogP contribution in [0.25, 0.3) is 21.6 Å². The Morgan fingerprint density at radius 2 is 2.00 bits per heavy atom. The third-order valence-electron chi connectivity index (χ3n) is 10.6. The fraction of sp³-hybridized carbons (Fsp3) is 0.541. The van der Waals surface area contributed by atoms with Crippen molar-refractivity contribution < 1.29 is 27.5 Å². The van der Waals surface area contributed by atoms with Crippen molar-refractivity contribution in [3.05, 3.63) is 52.0 Å². The molecule has 3 N–H and O–H groups in total. The molecule has 3 fully saturated rings. The minimum absolute atomic E-state index is 0.128. The van der Waals surface area contributed by atoms with Gasteiger partial charge in [0.1, 0.15) is 27.4 Å². The molecular formula is C37H45ClN6O6S2. The molecule has 0 spiro atoms. The Balaban J connectivity index is 1.20. The molecule has 4 amide bonds. The third kappa shape index (κ3) is 7.38. The molecule has 12 nitrogen and oxygen atoms in total. The number of thiazole rings is 1. The monoisotopic (exact) mass is 768 g/mol. The lowest BCUT2D eigenvalue weighted by Gasteiger charge is -2.27. The van der Waals surface area contributed by atoms with Crippen LogP contribution in [0, 0.1) is 11.8 Å². The average molecular weight is 769 g/mol. The van der Waals surface area contributed by atoms with E-state index in [1.807, 2.05) is 35.7 Å². The van der Waals surface area contributed by atoms with Crippen molar-refractivity contribution in [2.75, 3.05) is 20.2 Å². The number of benzene rings is 1. The number of pyridine rings is 1. The van der Waals surface area contributed by atoms with Gasteiger partial charge in [-0.05, 0) is 87.0 Å². The largest absolute Gasteiger partial charge is 0.495 e. The molecule has 3 aromatic rings. The Labute approximate surface area is 313 Å². The predicted octanol–water partition coefficient (Wildman–Crippen LogP) is 5.70. The fourth-order valence-electron chi connectivity index (χ4n) is 7.36. The van der Waals surface area contributed by atoms with Crippen LogP contribution in [0.1, 0.15) is 82.4 Å². The molecule has 0 radical (unpaired) electrons.